The normalized spacial score (nSPS) is 17.8. The van der Waals surface area contributed by atoms with Crippen LogP contribution >= 0.6 is 0 Å². The van der Waals surface area contributed by atoms with Crippen molar-refractivity contribution in [3.05, 3.63) is 83.2 Å². The predicted molar refractivity (Wildman–Crippen MR) is 165 cm³/mol. The Morgan fingerprint density at radius 2 is 1.62 bits per heavy atom. The van der Waals surface area contributed by atoms with Crippen LogP contribution in [0.3, 0.4) is 0 Å². The number of hydrogen-bond acceptors (Lipinski definition) is 6. The summed E-state index contributed by atoms with van der Waals surface area (Å²) in [5.41, 5.74) is 1.50. The number of piperazine rings is 1. The number of sulfonamides is 1. The van der Waals surface area contributed by atoms with Crippen LogP contribution in [0.4, 0.5) is 27.6 Å². The molecule has 10 nitrogen and oxygen atoms in total. The molecule has 1 N–H and O–H groups in total. The van der Waals surface area contributed by atoms with Crippen molar-refractivity contribution in [2.75, 3.05) is 57.0 Å². The maximum atomic E-state index is 13.8. The van der Waals surface area contributed by atoms with Gasteiger partial charge in [-0.15, -0.1) is 0 Å². The summed E-state index contributed by atoms with van der Waals surface area (Å²) in [5, 5.41) is 2.59. The summed E-state index contributed by atoms with van der Waals surface area (Å²) in [6.45, 7) is -2.52. The van der Waals surface area contributed by atoms with Crippen molar-refractivity contribution in [1.82, 2.24) is 15.1 Å². The number of hydrogen-bond donors (Lipinski definition) is 1. The van der Waals surface area contributed by atoms with Crippen molar-refractivity contribution < 1.29 is 49.5 Å². The average molecular weight is 695 g/mol. The zero-order valence-electron chi connectivity index (χ0n) is 25.8. The molecule has 2 aliphatic heterocycles. The van der Waals surface area contributed by atoms with Gasteiger partial charge in [-0.1, -0.05) is 24.3 Å². The summed E-state index contributed by atoms with van der Waals surface area (Å²) in [7, 11) is -2.64. The first kappa shape index (κ1) is 34.6. The highest BCUT2D eigenvalue weighted by Gasteiger charge is 2.44. The number of amides is 3. The number of nitrogens with one attached hydrogen (secondary N) is 1. The number of anilines is 1. The van der Waals surface area contributed by atoms with E-state index in [2.05, 4.69) is 5.32 Å². The zero-order chi connectivity index (χ0) is 35.0. The van der Waals surface area contributed by atoms with E-state index in [9.17, 15) is 44.8 Å². The molecule has 2 aliphatic rings. The molecule has 0 saturated carbocycles. The van der Waals surface area contributed by atoms with Gasteiger partial charge in [0, 0.05) is 56.0 Å². The van der Waals surface area contributed by atoms with Crippen LogP contribution in [-0.2, 0) is 19.6 Å². The van der Waals surface area contributed by atoms with Crippen molar-refractivity contribution in [3.8, 4) is 16.9 Å². The highest BCUT2D eigenvalue weighted by atomic mass is 32.2. The van der Waals surface area contributed by atoms with Gasteiger partial charge in [-0.25, -0.2) is 17.2 Å². The van der Waals surface area contributed by atoms with Crippen molar-refractivity contribution in [2.45, 2.75) is 18.2 Å². The second-order valence-electron chi connectivity index (χ2n) is 11.3. The Bertz CT molecular complexity index is 1830. The van der Waals surface area contributed by atoms with Gasteiger partial charge in [0.1, 0.15) is 30.3 Å². The van der Waals surface area contributed by atoms with Gasteiger partial charge in [-0.05, 0) is 41.5 Å². The first-order chi connectivity index (χ1) is 22.6. The molecule has 16 heteroatoms. The Balaban J connectivity index is 1.57. The molecule has 5 rings (SSSR count). The van der Waals surface area contributed by atoms with Crippen molar-refractivity contribution in [2.24, 2.45) is 0 Å². The van der Waals surface area contributed by atoms with Crippen LogP contribution in [0.1, 0.15) is 33.5 Å². The van der Waals surface area contributed by atoms with E-state index in [1.165, 1.54) is 66.5 Å². The molecular weight excluding hydrogens is 663 g/mol. The second-order valence-corrected chi connectivity index (χ2v) is 13.2. The van der Waals surface area contributed by atoms with Gasteiger partial charge in [0.2, 0.25) is 15.9 Å². The Kier molecular flexibility index (Phi) is 9.67. The molecule has 3 amide bonds. The summed E-state index contributed by atoms with van der Waals surface area (Å²) in [6, 6.07) is 14.3. The third-order valence-corrected chi connectivity index (χ3v) is 9.40. The number of likely N-dealkylation sites (N-methyl/N-ethyl adjacent to an activating group) is 1. The number of fused-ring (bicyclic) bond motifs is 1. The molecule has 0 radical (unpaired) electrons. The largest absolute Gasteiger partial charge is 0.484 e. The van der Waals surface area contributed by atoms with Gasteiger partial charge in [0.05, 0.1) is 18.5 Å². The lowest BCUT2D eigenvalue weighted by molar-refractivity contribution is -0.186. The number of carbonyl (C=O) groups is 3. The Morgan fingerprint density at radius 1 is 0.979 bits per heavy atom. The van der Waals surface area contributed by atoms with E-state index < -0.39 is 65.0 Å². The molecule has 2 atom stereocenters. The van der Waals surface area contributed by atoms with Gasteiger partial charge in [-0.2, -0.15) is 13.2 Å². The van der Waals surface area contributed by atoms with E-state index in [0.717, 1.165) is 10.6 Å². The topological polar surface area (TPSA) is 116 Å². The Labute approximate surface area is 273 Å². The first-order valence-electron chi connectivity index (χ1n) is 14.7. The number of rotatable bonds is 8. The fourth-order valence-electron chi connectivity index (χ4n) is 5.92. The first-order valence-corrected chi connectivity index (χ1v) is 16.6. The third kappa shape index (κ3) is 6.93. The van der Waals surface area contributed by atoms with Crippen LogP contribution in [-0.4, -0.2) is 94.8 Å². The van der Waals surface area contributed by atoms with Crippen LogP contribution in [0.5, 0.6) is 5.75 Å². The Hall–Kier alpha value is -4.73. The minimum atomic E-state index is -5.03. The van der Waals surface area contributed by atoms with Crippen LogP contribution in [0.15, 0.2) is 60.7 Å². The molecule has 1 saturated heterocycles. The van der Waals surface area contributed by atoms with Crippen molar-refractivity contribution >= 4 is 33.4 Å². The van der Waals surface area contributed by atoms with E-state index >= 15 is 0 Å². The molecule has 2 unspecified atom stereocenters. The van der Waals surface area contributed by atoms with Crippen LogP contribution in [0, 0.1) is 5.82 Å². The zero-order valence-corrected chi connectivity index (χ0v) is 26.6. The van der Waals surface area contributed by atoms with Gasteiger partial charge < -0.3 is 19.9 Å². The monoisotopic (exact) mass is 694 g/mol. The average Bonchev–Trinajstić information content (AvgIpc) is 3.43. The number of ether oxygens (including phenoxy) is 1. The molecule has 1 fully saturated rings. The summed E-state index contributed by atoms with van der Waals surface area (Å²) in [4.78, 5) is 40.3. The summed E-state index contributed by atoms with van der Waals surface area (Å²) < 4.78 is 99.0. The molecule has 0 spiro atoms. The van der Waals surface area contributed by atoms with Crippen LogP contribution in [0.25, 0.3) is 11.1 Å². The number of benzene rings is 3. The van der Waals surface area contributed by atoms with E-state index in [1.807, 2.05) is 0 Å². The lowest BCUT2D eigenvalue weighted by Crippen LogP contribution is -2.53. The maximum absolute atomic E-state index is 13.8. The molecule has 3 aromatic rings. The van der Waals surface area contributed by atoms with Crippen molar-refractivity contribution in [1.29, 1.82) is 0 Å². The van der Waals surface area contributed by atoms with E-state index in [-0.39, 0.29) is 48.7 Å². The summed E-state index contributed by atoms with van der Waals surface area (Å²) >= 11 is 0. The van der Waals surface area contributed by atoms with E-state index in [0.29, 0.717) is 21.6 Å². The maximum Gasteiger partial charge on any atom is 0.471 e. The predicted octanol–water partition coefficient (Wildman–Crippen LogP) is 4.04. The minimum Gasteiger partial charge on any atom is -0.484 e. The molecule has 0 aromatic heterocycles. The van der Waals surface area contributed by atoms with Gasteiger partial charge >= 0.3 is 12.1 Å². The van der Waals surface area contributed by atoms with Crippen LogP contribution < -0.4 is 14.4 Å². The highest BCUT2D eigenvalue weighted by molar-refractivity contribution is 7.92. The fraction of sp³-hybridized carbons (Fsp3) is 0.344. The molecule has 0 aliphatic carbocycles. The second kappa shape index (κ2) is 13.4. The number of carbonyl (C=O) groups excluding carboxylic acids is 3. The fourth-order valence-corrected chi connectivity index (χ4v) is 6.83. The number of alkyl halides is 4. The van der Waals surface area contributed by atoms with Crippen molar-refractivity contribution in [3.63, 3.8) is 0 Å². The van der Waals surface area contributed by atoms with E-state index in [4.69, 9.17) is 4.74 Å². The quantitative estimate of drug-likeness (QED) is 0.356. The third-order valence-electron chi connectivity index (χ3n) is 8.22. The smallest absolute Gasteiger partial charge is 0.471 e. The molecular formula is C32H31F5N4O6S. The number of halogens is 5. The van der Waals surface area contributed by atoms with Gasteiger partial charge in [0.25, 0.3) is 5.91 Å². The lowest BCUT2D eigenvalue weighted by atomic mass is 9.88. The van der Waals surface area contributed by atoms with Crippen LogP contribution in [0.2, 0.25) is 0 Å². The minimum absolute atomic E-state index is 0.00758. The van der Waals surface area contributed by atoms with Gasteiger partial charge in [0.15, 0.2) is 0 Å². The van der Waals surface area contributed by atoms with Gasteiger partial charge in [-0.3, -0.25) is 18.7 Å². The summed E-state index contributed by atoms with van der Waals surface area (Å²) in [6.07, 6.45) is -5.05. The summed E-state index contributed by atoms with van der Waals surface area (Å²) in [5.74, 6) is -4.29. The molecule has 48 heavy (non-hydrogen) atoms. The molecule has 0 bridgehead atoms. The standard InChI is InChI=1S/C32H31F5N4O6S/c1-38-29(42)27-24-17-23(20-4-3-5-21(16-20)30(43)39-12-14-40(15-13-39)31(44)32(35,36)37)25(41(11-10-33)48(2,45)46)18-26(24)47-28(27)19-6-8-22(34)9-7-19/h3-9,16-18,27-28H,10-15H2,1-2H3,(H,38,42). The SMILES string of the molecule is CNC(=O)C1c2cc(-c3cccc(C(=O)N4CCN(C(=O)C(F)(F)F)CC4)c3)c(N(CCF)S(C)(=O)=O)cc2OC1c1ccc(F)cc1. The Morgan fingerprint density at radius 3 is 2.21 bits per heavy atom. The molecule has 256 valence electrons. The lowest BCUT2D eigenvalue weighted by Gasteiger charge is -2.35. The number of nitrogens with zero attached hydrogens (tertiary/aromatic N) is 3. The highest BCUT2D eigenvalue weighted by Crippen LogP contribution is 2.50. The van der Waals surface area contributed by atoms with E-state index in [1.54, 1.807) is 6.07 Å². The molecule has 2 heterocycles. The molecule has 3 aromatic carbocycles.